The fourth-order valence-corrected chi connectivity index (χ4v) is 2.36. The molecule has 0 fully saturated rings. The van der Waals surface area contributed by atoms with Crippen molar-refractivity contribution in [1.29, 1.82) is 0 Å². The highest BCUT2D eigenvalue weighted by Gasteiger charge is 2.11. The molecule has 2 aromatic rings. The molecule has 0 spiro atoms. The van der Waals surface area contributed by atoms with Gasteiger partial charge in [0.25, 0.3) is 10.0 Å². The van der Waals surface area contributed by atoms with Gasteiger partial charge >= 0.3 is 0 Å². The highest BCUT2D eigenvalue weighted by molar-refractivity contribution is 7.89. The molecule has 0 unspecified atom stereocenters. The van der Waals surface area contributed by atoms with Crippen LogP contribution in [0.3, 0.4) is 0 Å². The normalized spacial score (nSPS) is 11.7. The number of aromatic nitrogens is 1. The summed E-state index contributed by atoms with van der Waals surface area (Å²) >= 11 is 0. The Morgan fingerprint density at radius 1 is 1.10 bits per heavy atom. The van der Waals surface area contributed by atoms with E-state index >= 15 is 0 Å². The number of hydrogen-bond acceptors (Lipinski definition) is 4. The van der Waals surface area contributed by atoms with Gasteiger partial charge in [-0.1, -0.05) is 23.8 Å². The van der Waals surface area contributed by atoms with E-state index in [1.807, 2.05) is 26.0 Å². The molecular formula is C14H15N3O2S. The zero-order chi connectivity index (χ0) is 14.6. The van der Waals surface area contributed by atoms with E-state index in [9.17, 15) is 8.42 Å². The van der Waals surface area contributed by atoms with Crippen LogP contribution in [0.1, 0.15) is 17.0 Å². The molecule has 1 N–H and O–H groups in total. The molecule has 0 saturated carbocycles. The first-order valence-corrected chi connectivity index (χ1v) is 7.51. The summed E-state index contributed by atoms with van der Waals surface area (Å²) in [6, 6.07) is 12.0. The second-order valence-electron chi connectivity index (χ2n) is 4.37. The third-order valence-corrected chi connectivity index (χ3v) is 3.85. The van der Waals surface area contributed by atoms with Crippen LogP contribution in [0.5, 0.6) is 0 Å². The van der Waals surface area contributed by atoms with E-state index in [0.29, 0.717) is 5.69 Å². The smallest absolute Gasteiger partial charge is 0.252 e. The van der Waals surface area contributed by atoms with Crippen molar-refractivity contribution in [3.8, 4) is 0 Å². The lowest BCUT2D eigenvalue weighted by Gasteiger charge is -2.03. The van der Waals surface area contributed by atoms with E-state index < -0.39 is 10.0 Å². The lowest BCUT2D eigenvalue weighted by Crippen LogP contribution is -2.18. The van der Waals surface area contributed by atoms with E-state index in [1.165, 1.54) is 18.3 Å². The standard InChI is InChI=1S/C14H15N3O2S/c1-11-6-8-14(9-7-11)20(18,19)17-15-10-13-5-3-4-12(2)16-13/h3-10,17H,1-2H3/b15-10-. The minimum Gasteiger partial charge on any atom is -0.252 e. The van der Waals surface area contributed by atoms with Crippen LogP contribution in [0, 0.1) is 13.8 Å². The van der Waals surface area contributed by atoms with E-state index in [-0.39, 0.29) is 4.90 Å². The highest BCUT2D eigenvalue weighted by Crippen LogP contribution is 2.09. The van der Waals surface area contributed by atoms with Gasteiger partial charge < -0.3 is 0 Å². The summed E-state index contributed by atoms with van der Waals surface area (Å²) in [7, 11) is -3.63. The van der Waals surface area contributed by atoms with Crippen LogP contribution in [0.2, 0.25) is 0 Å². The maximum absolute atomic E-state index is 12.0. The van der Waals surface area contributed by atoms with Crippen LogP contribution in [-0.4, -0.2) is 19.6 Å². The molecule has 6 heteroatoms. The fraction of sp³-hybridized carbons (Fsp3) is 0.143. The molecule has 1 heterocycles. The highest BCUT2D eigenvalue weighted by atomic mass is 32.2. The lowest BCUT2D eigenvalue weighted by atomic mass is 10.2. The Hall–Kier alpha value is -2.21. The summed E-state index contributed by atoms with van der Waals surface area (Å²) < 4.78 is 23.9. The van der Waals surface area contributed by atoms with E-state index in [1.54, 1.807) is 18.2 Å². The molecule has 0 aliphatic heterocycles. The van der Waals surface area contributed by atoms with Crippen molar-refractivity contribution in [3.63, 3.8) is 0 Å². The molecule has 5 nitrogen and oxygen atoms in total. The van der Waals surface area contributed by atoms with Crippen molar-refractivity contribution in [3.05, 3.63) is 59.4 Å². The van der Waals surface area contributed by atoms with Gasteiger partial charge in [0, 0.05) is 5.69 Å². The summed E-state index contributed by atoms with van der Waals surface area (Å²) in [6.07, 6.45) is 1.37. The molecular weight excluding hydrogens is 274 g/mol. The van der Waals surface area contributed by atoms with E-state index in [2.05, 4.69) is 14.9 Å². The van der Waals surface area contributed by atoms with Gasteiger partial charge in [-0.15, -0.1) is 0 Å². The van der Waals surface area contributed by atoms with Crippen LogP contribution in [0.25, 0.3) is 0 Å². The maximum Gasteiger partial charge on any atom is 0.276 e. The maximum atomic E-state index is 12.0. The third-order valence-electron chi connectivity index (χ3n) is 2.61. The van der Waals surface area contributed by atoms with E-state index in [4.69, 9.17) is 0 Å². The SMILES string of the molecule is Cc1ccc(S(=O)(=O)N/N=C\c2cccc(C)n2)cc1. The van der Waals surface area contributed by atoms with Crippen LogP contribution in [0.15, 0.2) is 52.5 Å². The zero-order valence-corrected chi connectivity index (χ0v) is 12.1. The van der Waals surface area contributed by atoms with Crippen molar-refractivity contribution in [2.75, 3.05) is 0 Å². The number of rotatable bonds is 4. The number of nitrogens with zero attached hydrogens (tertiary/aromatic N) is 2. The summed E-state index contributed by atoms with van der Waals surface area (Å²) in [5.41, 5.74) is 2.43. The topological polar surface area (TPSA) is 71.4 Å². The first-order valence-electron chi connectivity index (χ1n) is 6.02. The summed E-state index contributed by atoms with van der Waals surface area (Å²) in [5.74, 6) is 0. The van der Waals surface area contributed by atoms with Gasteiger partial charge in [0.1, 0.15) is 0 Å². The monoisotopic (exact) mass is 289 g/mol. The Morgan fingerprint density at radius 3 is 2.45 bits per heavy atom. The van der Waals surface area contributed by atoms with Crippen LogP contribution < -0.4 is 4.83 Å². The predicted molar refractivity (Wildman–Crippen MR) is 78.1 cm³/mol. The Labute approximate surface area is 118 Å². The molecule has 1 aromatic heterocycles. The first-order chi connectivity index (χ1) is 9.47. The van der Waals surface area contributed by atoms with E-state index in [0.717, 1.165) is 11.3 Å². The van der Waals surface area contributed by atoms with Gasteiger partial charge in [0.15, 0.2) is 0 Å². The van der Waals surface area contributed by atoms with Gasteiger partial charge in [0.05, 0.1) is 16.8 Å². The number of pyridine rings is 1. The van der Waals surface area contributed by atoms with Crippen molar-refractivity contribution >= 4 is 16.2 Å². The van der Waals surface area contributed by atoms with Gasteiger partial charge in [-0.25, -0.2) is 4.83 Å². The molecule has 0 atom stereocenters. The van der Waals surface area contributed by atoms with Gasteiger partial charge in [0.2, 0.25) is 0 Å². The largest absolute Gasteiger partial charge is 0.276 e. The molecule has 0 aliphatic carbocycles. The Kier molecular flexibility index (Phi) is 4.14. The number of sulfonamides is 1. The molecule has 0 saturated heterocycles. The number of benzene rings is 1. The number of hydrogen-bond donors (Lipinski definition) is 1. The van der Waals surface area contributed by atoms with Crippen molar-refractivity contribution in [2.45, 2.75) is 18.7 Å². The predicted octanol–water partition coefficient (Wildman–Crippen LogP) is 2.01. The average molecular weight is 289 g/mol. The molecule has 2 rings (SSSR count). The van der Waals surface area contributed by atoms with Crippen LogP contribution >= 0.6 is 0 Å². The zero-order valence-electron chi connectivity index (χ0n) is 11.2. The molecule has 0 bridgehead atoms. The van der Waals surface area contributed by atoms with Crippen molar-refractivity contribution in [1.82, 2.24) is 9.82 Å². The quantitative estimate of drug-likeness (QED) is 0.691. The molecule has 0 aliphatic rings. The summed E-state index contributed by atoms with van der Waals surface area (Å²) in [6.45, 7) is 3.75. The minimum atomic E-state index is -3.63. The van der Waals surface area contributed by atoms with Gasteiger partial charge in [-0.05, 0) is 38.1 Å². The second-order valence-corrected chi connectivity index (χ2v) is 6.03. The Morgan fingerprint density at radius 2 is 1.80 bits per heavy atom. The third kappa shape index (κ3) is 3.64. The van der Waals surface area contributed by atoms with Gasteiger partial charge in [-0.3, -0.25) is 4.98 Å². The molecule has 20 heavy (non-hydrogen) atoms. The summed E-state index contributed by atoms with van der Waals surface area (Å²) in [4.78, 5) is 6.54. The summed E-state index contributed by atoms with van der Waals surface area (Å²) in [5, 5.41) is 3.73. The Bertz CT molecular complexity index is 722. The number of nitrogens with one attached hydrogen (secondary N) is 1. The Balaban J connectivity index is 2.11. The molecule has 1 aromatic carbocycles. The lowest BCUT2D eigenvalue weighted by molar-refractivity contribution is 0.584. The fourth-order valence-electron chi connectivity index (χ4n) is 1.57. The molecule has 0 amide bonds. The van der Waals surface area contributed by atoms with Crippen molar-refractivity contribution < 1.29 is 8.42 Å². The number of hydrazone groups is 1. The number of aryl methyl sites for hydroxylation is 2. The second kappa shape index (κ2) is 5.83. The van der Waals surface area contributed by atoms with Crippen molar-refractivity contribution in [2.24, 2.45) is 5.10 Å². The average Bonchev–Trinajstić information content (AvgIpc) is 2.39. The molecule has 0 radical (unpaired) electrons. The minimum absolute atomic E-state index is 0.178. The van der Waals surface area contributed by atoms with Gasteiger partial charge in [-0.2, -0.15) is 13.5 Å². The van der Waals surface area contributed by atoms with Crippen LogP contribution in [0.4, 0.5) is 0 Å². The van der Waals surface area contributed by atoms with Crippen LogP contribution in [-0.2, 0) is 10.0 Å². The first kappa shape index (κ1) is 14.2. The molecule has 104 valence electrons.